The number of hydrogen-bond acceptors (Lipinski definition) is 3. The van der Waals surface area contributed by atoms with Gasteiger partial charge in [-0.15, -0.1) is 0 Å². The van der Waals surface area contributed by atoms with Crippen molar-refractivity contribution in [2.45, 2.75) is 16.3 Å². The largest absolute Gasteiger partial charge is 0.238 e. The van der Waals surface area contributed by atoms with Crippen LogP contribution < -0.4 is 0 Å². The number of rotatable bonds is 4. The first kappa shape index (κ1) is 18.4. The maximum Gasteiger partial charge on any atom is 0.226 e. The topological polar surface area (TPSA) is 47.0 Å². The summed E-state index contributed by atoms with van der Waals surface area (Å²) >= 11 is 5.73. The van der Waals surface area contributed by atoms with Gasteiger partial charge in [-0.2, -0.15) is 0 Å². The second-order valence-electron chi connectivity index (χ2n) is 5.46. The van der Waals surface area contributed by atoms with Gasteiger partial charge in [0, 0.05) is 17.1 Å². The molecule has 0 N–H and O–H groups in total. The van der Waals surface area contributed by atoms with Gasteiger partial charge in [0.05, 0.1) is 4.90 Å². The third-order valence-electron chi connectivity index (χ3n) is 3.63. The van der Waals surface area contributed by atoms with E-state index in [4.69, 9.17) is 11.6 Å². The molecule has 26 heavy (non-hydrogen) atoms. The highest BCUT2D eigenvalue weighted by Crippen LogP contribution is 2.24. The Morgan fingerprint density at radius 1 is 0.885 bits per heavy atom. The monoisotopic (exact) mass is 397 g/mol. The van der Waals surface area contributed by atoms with Crippen molar-refractivity contribution in [1.82, 2.24) is 4.98 Å². The van der Waals surface area contributed by atoms with E-state index in [1.807, 2.05) is 0 Å². The Kier molecular flexibility index (Phi) is 5.02. The number of hydrogen-bond donors (Lipinski definition) is 0. The highest BCUT2D eigenvalue weighted by atomic mass is 35.5. The van der Waals surface area contributed by atoms with Crippen LogP contribution in [0.3, 0.4) is 0 Å². The maximum atomic E-state index is 14.1. The normalized spacial score (nSPS) is 11.5. The summed E-state index contributed by atoms with van der Waals surface area (Å²) in [5, 5.41) is -0.457. The molecule has 0 spiro atoms. The second kappa shape index (κ2) is 7.09. The zero-order valence-corrected chi connectivity index (χ0v) is 14.7. The molecule has 3 aromatic rings. The van der Waals surface area contributed by atoms with E-state index in [9.17, 15) is 21.6 Å². The molecule has 0 fully saturated rings. The van der Waals surface area contributed by atoms with Gasteiger partial charge in [0.2, 0.25) is 9.84 Å². The van der Waals surface area contributed by atoms with Crippen LogP contribution in [0, 0.1) is 17.5 Å². The molecule has 3 nitrogen and oxygen atoms in total. The van der Waals surface area contributed by atoms with Crippen molar-refractivity contribution < 1.29 is 21.6 Å². The van der Waals surface area contributed by atoms with Gasteiger partial charge in [-0.25, -0.2) is 26.6 Å². The predicted molar refractivity (Wildman–Crippen MR) is 90.3 cm³/mol. The highest BCUT2D eigenvalue weighted by Gasteiger charge is 2.24. The molecule has 134 valence electrons. The van der Waals surface area contributed by atoms with Crippen LogP contribution >= 0.6 is 11.6 Å². The van der Waals surface area contributed by atoms with Crippen molar-refractivity contribution in [1.29, 1.82) is 0 Å². The quantitative estimate of drug-likeness (QED) is 0.647. The molecular weight excluding hydrogens is 387 g/mol. The first-order chi connectivity index (χ1) is 12.3. The molecule has 0 amide bonds. The van der Waals surface area contributed by atoms with E-state index in [0.29, 0.717) is 5.02 Å². The van der Waals surface area contributed by atoms with E-state index >= 15 is 0 Å². The lowest BCUT2D eigenvalue weighted by Gasteiger charge is -2.08. The molecular formula is C18H11ClF3NO2S. The van der Waals surface area contributed by atoms with E-state index in [1.165, 1.54) is 30.3 Å². The second-order valence-corrected chi connectivity index (χ2v) is 7.76. The minimum atomic E-state index is -4.23. The average molecular weight is 398 g/mol. The van der Waals surface area contributed by atoms with E-state index in [-0.39, 0.29) is 22.6 Å². The van der Waals surface area contributed by atoms with Crippen LogP contribution in [0.5, 0.6) is 0 Å². The van der Waals surface area contributed by atoms with Crippen molar-refractivity contribution >= 4 is 21.4 Å². The van der Waals surface area contributed by atoms with Crippen LogP contribution in [-0.2, 0) is 16.3 Å². The fraction of sp³-hybridized carbons (Fsp3) is 0.0556. The first-order valence-electron chi connectivity index (χ1n) is 7.37. The molecule has 0 saturated heterocycles. The van der Waals surface area contributed by atoms with E-state index in [1.54, 1.807) is 0 Å². The van der Waals surface area contributed by atoms with Crippen LogP contribution in [0.2, 0.25) is 5.02 Å². The van der Waals surface area contributed by atoms with Crippen LogP contribution in [-0.4, -0.2) is 13.4 Å². The van der Waals surface area contributed by atoms with Gasteiger partial charge in [-0.3, -0.25) is 0 Å². The highest BCUT2D eigenvalue weighted by molar-refractivity contribution is 7.91. The summed E-state index contributed by atoms with van der Waals surface area (Å²) in [4.78, 5) is 3.65. The lowest BCUT2D eigenvalue weighted by Crippen LogP contribution is -2.09. The summed E-state index contributed by atoms with van der Waals surface area (Å²) < 4.78 is 66.4. The first-order valence-corrected chi connectivity index (χ1v) is 9.23. The maximum absolute atomic E-state index is 14.1. The van der Waals surface area contributed by atoms with Crippen molar-refractivity contribution in [3.05, 3.63) is 88.3 Å². The van der Waals surface area contributed by atoms with Crippen LogP contribution in [0.15, 0.2) is 64.5 Å². The smallest absolute Gasteiger partial charge is 0.226 e. The Bertz CT molecular complexity index is 1070. The summed E-state index contributed by atoms with van der Waals surface area (Å²) in [6, 6.07) is 10.2. The van der Waals surface area contributed by atoms with Gasteiger partial charge in [-0.05, 0) is 60.2 Å². The van der Waals surface area contributed by atoms with E-state index in [2.05, 4.69) is 4.98 Å². The summed E-state index contributed by atoms with van der Waals surface area (Å²) in [5.74, 6) is -2.35. The molecule has 1 heterocycles. The molecule has 2 aromatic carbocycles. The summed E-state index contributed by atoms with van der Waals surface area (Å²) in [6.45, 7) is 0. The zero-order chi connectivity index (χ0) is 18.9. The third kappa shape index (κ3) is 3.73. The van der Waals surface area contributed by atoms with Gasteiger partial charge in [0.1, 0.15) is 11.6 Å². The van der Waals surface area contributed by atoms with E-state index < -0.39 is 32.3 Å². The van der Waals surface area contributed by atoms with Crippen LogP contribution in [0.4, 0.5) is 13.2 Å². The summed E-state index contributed by atoms with van der Waals surface area (Å²) in [7, 11) is -4.23. The third-order valence-corrected chi connectivity index (χ3v) is 5.57. The summed E-state index contributed by atoms with van der Waals surface area (Å²) in [5.41, 5.74) is 0.0717. The van der Waals surface area contributed by atoms with Gasteiger partial charge in [0.15, 0.2) is 10.8 Å². The minimum absolute atomic E-state index is 0.0149. The van der Waals surface area contributed by atoms with Gasteiger partial charge in [-0.1, -0.05) is 11.6 Å². The van der Waals surface area contributed by atoms with Crippen molar-refractivity contribution in [3.63, 3.8) is 0 Å². The molecule has 0 aliphatic heterocycles. The predicted octanol–water partition coefficient (Wildman–Crippen LogP) is 4.58. The molecule has 8 heteroatoms. The lowest BCUT2D eigenvalue weighted by molar-refractivity contribution is 0.550. The Labute approximate surface area is 153 Å². The number of pyridine rings is 1. The molecule has 0 bridgehead atoms. The van der Waals surface area contributed by atoms with Crippen LogP contribution in [0.25, 0.3) is 0 Å². The van der Waals surface area contributed by atoms with Gasteiger partial charge < -0.3 is 0 Å². The fourth-order valence-electron chi connectivity index (χ4n) is 2.35. The molecule has 0 atom stereocenters. The minimum Gasteiger partial charge on any atom is -0.238 e. The molecule has 0 aliphatic rings. The molecule has 1 aromatic heterocycles. The number of halogens is 4. The van der Waals surface area contributed by atoms with Gasteiger partial charge in [0.25, 0.3) is 0 Å². The van der Waals surface area contributed by atoms with Crippen molar-refractivity contribution in [3.8, 4) is 0 Å². The Balaban J connectivity index is 2.02. The number of aromatic nitrogens is 1. The number of sulfone groups is 1. The van der Waals surface area contributed by atoms with Crippen LogP contribution in [0.1, 0.15) is 11.3 Å². The molecule has 0 aliphatic carbocycles. The molecule has 0 saturated carbocycles. The zero-order valence-electron chi connectivity index (χ0n) is 13.1. The molecule has 0 unspecified atom stereocenters. The SMILES string of the molecule is O=S(=O)(c1ccc(Cl)cc1)c1nc(Cc2cc(F)ccc2F)ccc1F. The Morgan fingerprint density at radius 3 is 2.23 bits per heavy atom. The molecule has 3 rings (SSSR count). The Hall–Kier alpha value is -2.38. The lowest BCUT2D eigenvalue weighted by atomic mass is 10.1. The Morgan fingerprint density at radius 2 is 1.54 bits per heavy atom. The average Bonchev–Trinajstić information content (AvgIpc) is 2.60. The van der Waals surface area contributed by atoms with Gasteiger partial charge >= 0.3 is 0 Å². The van der Waals surface area contributed by atoms with E-state index in [0.717, 1.165) is 24.3 Å². The standard InChI is InChI=1S/C18H11ClF3NO2S/c19-12-1-5-15(6-2-12)26(24,25)18-17(22)8-4-14(23-18)10-11-9-13(20)3-7-16(11)21/h1-9H,10H2. The summed E-state index contributed by atoms with van der Waals surface area (Å²) in [6.07, 6.45) is -0.187. The number of benzene rings is 2. The molecule has 0 radical (unpaired) electrons. The van der Waals surface area contributed by atoms with Crippen molar-refractivity contribution in [2.24, 2.45) is 0 Å². The number of nitrogens with zero attached hydrogens (tertiary/aromatic N) is 1. The fourth-order valence-corrected chi connectivity index (χ4v) is 3.75. The van der Waals surface area contributed by atoms with Crippen molar-refractivity contribution in [2.75, 3.05) is 0 Å².